The molecule has 2 N–H and O–H groups in total. The smallest absolute Gasteiger partial charge is 0.337 e. The number of carbonyl (C=O) groups is 2. The molecule has 0 radical (unpaired) electrons. The first-order valence-electron chi connectivity index (χ1n) is 10.1. The third kappa shape index (κ3) is 6.04. The predicted octanol–water partition coefficient (Wildman–Crippen LogP) is 2.73. The van der Waals surface area contributed by atoms with Gasteiger partial charge in [-0.25, -0.2) is 35.8 Å². The minimum Gasteiger partial charge on any atom is -0.478 e. The fourth-order valence-corrected chi connectivity index (χ4v) is 4.82. The standard InChI is InChI=1S/C21H18F4N4O5S/c22-15-2-1-11(7-16(15)23)10-35(33,34)28-20(30)12-3-5-29(6-4-12)19-13(9-26)8-14(21(31)32)17(27-19)18(24)25/h1-2,7-8,12,18H,3-6,10H2,(H,28,30)(H,31,32). The van der Waals surface area contributed by atoms with Crippen LogP contribution >= 0.6 is 0 Å². The molecule has 1 aromatic carbocycles. The van der Waals surface area contributed by atoms with Crippen LogP contribution in [0.25, 0.3) is 0 Å². The Morgan fingerprint density at radius 3 is 2.40 bits per heavy atom. The van der Waals surface area contributed by atoms with Crippen LogP contribution < -0.4 is 9.62 Å². The highest BCUT2D eigenvalue weighted by Crippen LogP contribution is 2.30. The number of hydrogen-bond donors (Lipinski definition) is 2. The Balaban J connectivity index is 1.69. The maximum atomic E-state index is 13.3. The molecule has 1 aromatic heterocycles. The number of alkyl halides is 2. The van der Waals surface area contributed by atoms with Crippen LogP contribution in [0.2, 0.25) is 0 Å². The van der Waals surface area contributed by atoms with Crippen molar-refractivity contribution >= 4 is 27.7 Å². The van der Waals surface area contributed by atoms with E-state index in [0.29, 0.717) is 6.07 Å². The highest BCUT2D eigenvalue weighted by molar-refractivity contribution is 7.89. The summed E-state index contributed by atoms with van der Waals surface area (Å²) in [6.45, 7) is 0.107. The molecule has 1 amide bonds. The van der Waals surface area contributed by atoms with Crippen molar-refractivity contribution in [2.75, 3.05) is 18.0 Å². The number of rotatable bonds is 7. The number of amides is 1. The van der Waals surface area contributed by atoms with Crippen molar-refractivity contribution < 1.29 is 40.7 Å². The van der Waals surface area contributed by atoms with E-state index in [9.17, 15) is 40.8 Å². The third-order valence-electron chi connectivity index (χ3n) is 5.35. The van der Waals surface area contributed by atoms with Crippen LogP contribution in [0.1, 0.15) is 46.4 Å². The summed E-state index contributed by atoms with van der Waals surface area (Å²) < 4.78 is 79.4. The molecule has 14 heteroatoms. The molecule has 0 atom stereocenters. The maximum Gasteiger partial charge on any atom is 0.337 e. The van der Waals surface area contributed by atoms with Gasteiger partial charge in [-0.3, -0.25) is 9.52 Å². The molecule has 35 heavy (non-hydrogen) atoms. The maximum absolute atomic E-state index is 13.3. The van der Waals surface area contributed by atoms with Crippen molar-refractivity contribution in [1.82, 2.24) is 9.71 Å². The number of nitrogens with one attached hydrogen (secondary N) is 1. The topological polar surface area (TPSA) is 140 Å². The van der Waals surface area contributed by atoms with Crippen molar-refractivity contribution in [3.8, 4) is 6.07 Å². The van der Waals surface area contributed by atoms with E-state index in [2.05, 4.69) is 4.98 Å². The number of nitriles is 1. The summed E-state index contributed by atoms with van der Waals surface area (Å²) in [6.07, 6.45) is -3.02. The first kappa shape index (κ1) is 25.9. The van der Waals surface area contributed by atoms with Gasteiger partial charge in [0.05, 0.1) is 16.9 Å². The number of pyridine rings is 1. The molecular weight excluding hydrogens is 496 g/mol. The molecule has 2 aromatic rings. The van der Waals surface area contributed by atoms with Gasteiger partial charge in [-0.15, -0.1) is 0 Å². The Hall–Kier alpha value is -3.73. The quantitative estimate of drug-likeness (QED) is 0.538. The monoisotopic (exact) mass is 514 g/mol. The number of sulfonamides is 1. The number of aromatic carboxylic acids is 1. The van der Waals surface area contributed by atoms with E-state index in [4.69, 9.17) is 5.11 Å². The first-order chi connectivity index (χ1) is 16.4. The second kappa shape index (κ2) is 10.3. The zero-order valence-electron chi connectivity index (χ0n) is 17.8. The van der Waals surface area contributed by atoms with Gasteiger partial charge in [-0.05, 0) is 36.6 Å². The molecule has 1 aliphatic heterocycles. The predicted molar refractivity (Wildman–Crippen MR) is 113 cm³/mol. The Bertz CT molecular complexity index is 1310. The van der Waals surface area contributed by atoms with Crippen LogP contribution in [0, 0.1) is 28.9 Å². The minimum atomic E-state index is -4.21. The fraction of sp³-hybridized carbons (Fsp3) is 0.333. The summed E-state index contributed by atoms with van der Waals surface area (Å²) in [5.74, 6) is -6.54. The van der Waals surface area contributed by atoms with Crippen molar-refractivity contribution in [1.29, 1.82) is 5.26 Å². The van der Waals surface area contributed by atoms with Crippen LogP contribution in [0.3, 0.4) is 0 Å². The van der Waals surface area contributed by atoms with Gasteiger partial charge in [0.15, 0.2) is 11.6 Å². The molecule has 186 valence electrons. The van der Waals surface area contributed by atoms with Crippen molar-refractivity contribution in [3.05, 3.63) is 58.3 Å². The van der Waals surface area contributed by atoms with Crippen LogP contribution in [-0.2, 0) is 20.6 Å². The van der Waals surface area contributed by atoms with Crippen LogP contribution in [0.4, 0.5) is 23.4 Å². The van der Waals surface area contributed by atoms with Crippen molar-refractivity contribution in [2.45, 2.75) is 25.0 Å². The van der Waals surface area contributed by atoms with E-state index in [1.54, 1.807) is 6.07 Å². The molecule has 1 aliphatic rings. The highest BCUT2D eigenvalue weighted by Gasteiger charge is 2.31. The lowest BCUT2D eigenvalue weighted by Gasteiger charge is -2.32. The average Bonchev–Trinajstić information content (AvgIpc) is 2.80. The SMILES string of the molecule is N#Cc1cc(C(=O)O)c(C(F)F)nc1N1CCC(C(=O)NS(=O)(=O)Cc2ccc(F)c(F)c2)CC1. The van der Waals surface area contributed by atoms with Crippen LogP contribution in [0.5, 0.6) is 0 Å². The highest BCUT2D eigenvalue weighted by atomic mass is 32.2. The largest absolute Gasteiger partial charge is 0.478 e. The second-order valence-corrected chi connectivity index (χ2v) is 9.47. The number of piperidine rings is 1. The van der Waals surface area contributed by atoms with Crippen molar-refractivity contribution in [2.24, 2.45) is 5.92 Å². The molecule has 0 saturated carbocycles. The molecule has 9 nitrogen and oxygen atoms in total. The minimum absolute atomic E-state index is 0.0537. The number of benzene rings is 1. The Morgan fingerprint density at radius 2 is 1.86 bits per heavy atom. The molecular formula is C21H18F4N4O5S. The molecule has 1 saturated heterocycles. The van der Waals surface area contributed by atoms with Gasteiger partial charge in [0, 0.05) is 19.0 Å². The average molecular weight is 514 g/mol. The zero-order valence-corrected chi connectivity index (χ0v) is 18.7. The summed E-state index contributed by atoms with van der Waals surface area (Å²) in [5.41, 5.74) is -2.08. The first-order valence-corrected chi connectivity index (χ1v) is 11.8. The van der Waals surface area contributed by atoms with Gasteiger partial charge in [-0.1, -0.05) is 6.07 Å². The number of halogens is 4. The molecule has 3 rings (SSSR count). The van der Waals surface area contributed by atoms with Crippen LogP contribution in [0.15, 0.2) is 24.3 Å². The number of anilines is 1. The molecule has 0 bridgehead atoms. The molecule has 1 fully saturated rings. The summed E-state index contributed by atoms with van der Waals surface area (Å²) in [5, 5.41) is 18.5. The van der Waals surface area contributed by atoms with Gasteiger partial charge in [-0.2, -0.15) is 5.26 Å². The lowest BCUT2D eigenvalue weighted by Crippen LogP contribution is -2.43. The van der Waals surface area contributed by atoms with Gasteiger partial charge < -0.3 is 10.0 Å². The number of carboxylic acids is 1. The second-order valence-electron chi connectivity index (χ2n) is 7.75. The number of nitrogens with zero attached hydrogens (tertiary/aromatic N) is 3. The lowest BCUT2D eigenvalue weighted by molar-refractivity contribution is -0.123. The van der Waals surface area contributed by atoms with E-state index in [1.165, 1.54) is 4.90 Å². The van der Waals surface area contributed by atoms with E-state index in [1.807, 2.05) is 4.72 Å². The molecule has 0 aliphatic carbocycles. The number of aromatic nitrogens is 1. The summed E-state index contributed by atoms with van der Waals surface area (Å²) in [6, 6.07) is 5.09. The lowest BCUT2D eigenvalue weighted by atomic mass is 9.96. The number of carbonyl (C=O) groups excluding carboxylic acids is 1. The van der Waals surface area contributed by atoms with Crippen molar-refractivity contribution in [3.63, 3.8) is 0 Å². The van der Waals surface area contributed by atoms with Gasteiger partial charge in [0.25, 0.3) is 6.43 Å². The third-order valence-corrected chi connectivity index (χ3v) is 6.58. The summed E-state index contributed by atoms with van der Waals surface area (Å²) in [7, 11) is -4.21. The fourth-order valence-electron chi connectivity index (χ4n) is 3.65. The van der Waals surface area contributed by atoms with Crippen LogP contribution in [-0.4, -0.2) is 43.5 Å². The molecule has 0 unspecified atom stereocenters. The van der Waals surface area contributed by atoms with Gasteiger partial charge in [0.1, 0.15) is 17.6 Å². The van der Waals surface area contributed by atoms with E-state index < -0.39 is 62.9 Å². The number of hydrogen-bond acceptors (Lipinski definition) is 7. The number of carboxylic acid groups (broad SMARTS) is 1. The van der Waals surface area contributed by atoms with Gasteiger partial charge >= 0.3 is 5.97 Å². The summed E-state index contributed by atoms with van der Waals surface area (Å²) in [4.78, 5) is 28.9. The molecule has 2 heterocycles. The van der Waals surface area contributed by atoms with E-state index in [-0.39, 0.29) is 42.9 Å². The molecule has 0 spiro atoms. The van der Waals surface area contributed by atoms with Gasteiger partial charge in [0.2, 0.25) is 15.9 Å². The summed E-state index contributed by atoms with van der Waals surface area (Å²) >= 11 is 0. The Kier molecular flexibility index (Phi) is 7.59. The Labute approximate surface area is 197 Å². The van der Waals surface area contributed by atoms with E-state index in [0.717, 1.165) is 18.2 Å². The zero-order chi connectivity index (χ0) is 25.9. The normalized spacial score (nSPS) is 14.6. The van der Waals surface area contributed by atoms with E-state index >= 15 is 0 Å². The Morgan fingerprint density at radius 1 is 1.20 bits per heavy atom.